The molecule has 0 radical (unpaired) electrons. The van der Waals surface area contributed by atoms with Crippen molar-refractivity contribution in [1.29, 1.82) is 0 Å². The predicted octanol–water partition coefficient (Wildman–Crippen LogP) is 0.705. The van der Waals surface area contributed by atoms with Gasteiger partial charge in [-0.2, -0.15) is 0 Å². The van der Waals surface area contributed by atoms with E-state index in [-0.39, 0.29) is 5.54 Å². The molecular formula is C10H22N2O. The third-order valence-electron chi connectivity index (χ3n) is 2.64. The Morgan fingerprint density at radius 1 is 1.46 bits per heavy atom. The van der Waals surface area contributed by atoms with Crippen LogP contribution in [0, 0.1) is 0 Å². The SMILES string of the molecule is CN(CC1COCCN1)C(C)(C)C. The van der Waals surface area contributed by atoms with Gasteiger partial charge in [0.1, 0.15) is 0 Å². The first kappa shape index (κ1) is 11.0. The summed E-state index contributed by atoms with van der Waals surface area (Å²) in [5.74, 6) is 0. The molecule has 0 amide bonds. The second-order valence-electron chi connectivity index (χ2n) is 4.78. The minimum atomic E-state index is 0.249. The van der Waals surface area contributed by atoms with Gasteiger partial charge in [0.25, 0.3) is 0 Å². The highest BCUT2D eigenvalue weighted by molar-refractivity contribution is 4.79. The van der Waals surface area contributed by atoms with Crippen LogP contribution >= 0.6 is 0 Å². The Hall–Kier alpha value is -0.120. The maximum absolute atomic E-state index is 5.41. The standard InChI is InChI=1S/C10H22N2O/c1-10(2,3)12(4)7-9-8-13-6-5-11-9/h9,11H,5-8H2,1-4H3. The molecule has 1 saturated heterocycles. The molecule has 0 aromatic carbocycles. The molecule has 0 saturated carbocycles. The molecule has 1 N–H and O–H groups in total. The topological polar surface area (TPSA) is 24.5 Å². The van der Waals surface area contributed by atoms with Crippen LogP contribution in [0.3, 0.4) is 0 Å². The molecule has 1 fully saturated rings. The Labute approximate surface area is 81.4 Å². The normalized spacial score (nSPS) is 25.2. The molecule has 13 heavy (non-hydrogen) atoms. The molecule has 0 aliphatic carbocycles. The monoisotopic (exact) mass is 186 g/mol. The highest BCUT2D eigenvalue weighted by Crippen LogP contribution is 2.11. The first-order valence-electron chi connectivity index (χ1n) is 5.02. The first-order chi connectivity index (χ1) is 6.00. The van der Waals surface area contributed by atoms with Crippen molar-refractivity contribution in [1.82, 2.24) is 10.2 Å². The second-order valence-corrected chi connectivity index (χ2v) is 4.78. The Kier molecular flexibility index (Phi) is 3.71. The van der Waals surface area contributed by atoms with E-state index in [0.29, 0.717) is 6.04 Å². The minimum Gasteiger partial charge on any atom is -0.378 e. The van der Waals surface area contributed by atoms with Gasteiger partial charge in [0, 0.05) is 24.7 Å². The lowest BCUT2D eigenvalue weighted by Gasteiger charge is -2.36. The van der Waals surface area contributed by atoms with Gasteiger partial charge < -0.3 is 10.1 Å². The van der Waals surface area contributed by atoms with E-state index in [9.17, 15) is 0 Å². The maximum Gasteiger partial charge on any atom is 0.0632 e. The van der Waals surface area contributed by atoms with Crippen LogP contribution in [0.4, 0.5) is 0 Å². The lowest BCUT2D eigenvalue weighted by atomic mass is 10.1. The van der Waals surface area contributed by atoms with Crippen molar-refractivity contribution in [3.05, 3.63) is 0 Å². The van der Waals surface area contributed by atoms with Crippen molar-refractivity contribution < 1.29 is 4.74 Å². The Morgan fingerprint density at radius 3 is 2.62 bits per heavy atom. The van der Waals surface area contributed by atoms with Crippen LogP contribution < -0.4 is 5.32 Å². The van der Waals surface area contributed by atoms with Crippen molar-refractivity contribution in [2.75, 3.05) is 33.4 Å². The zero-order chi connectivity index (χ0) is 9.90. The van der Waals surface area contributed by atoms with Gasteiger partial charge in [0.15, 0.2) is 0 Å². The second kappa shape index (κ2) is 4.40. The van der Waals surface area contributed by atoms with Gasteiger partial charge in [-0.1, -0.05) is 0 Å². The highest BCUT2D eigenvalue weighted by Gasteiger charge is 2.21. The lowest BCUT2D eigenvalue weighted by Crippen LogP contribution is -2.51. The summed E-state index contributed by atoms with van der Waals surface area (Å²) in [6, 6.07) is 0.498. The van der Waals surface area contributed by atoms with Crippen LogP contribution in [0.25, 0.3) is 0 Å². The minimum absolute atomic E-state index is 0.249. The predicted molar refractivity (Wildman–Crippen MR) is 55.0 cm³/mol. The molecule has 1 atom stereocenters. The smallest absolute Gasteiger partial charge is 0.0632 e. The van der Waals surface area contributed by atoms with E-state index in [0.717, 1.165) is 26.3 Å². The third-order valence-corrected chi connectivity index (χ3v) is 2.64. The van der Waals surface area contributed by atoms with Crippen molar-refractivity contribution in [2.24, 2.45) is 0 Å². The first-order valence-corrected chi connectivity index (χ1v) is 5.02. The number of ether oxygens (including phenoxy) is 1. The van der Waals surface area contributed by atoms with Gasteiger partial charge >= 0.3 is 0 Å². The summed E-state index contributed by atoms with van der Waals surface area (Å²) < 4.78 is 5.41. The average Bonchev–Trinajstić information content (AvgIpc) is 2.04. The lowest BCUT2D eigenvalue weighted by molar-refractivity contribution is 0.0514. The third kappa shape index (κ3) is 3.63. The number of hydrogen-bond acceptors (Lipinski definition) is 3. The van der Waals surface area contributed by atoms with E-state index in [1.807, 2.05) is 0 Å². The van der Waals surface area contributed by atoms with Crippen molar-refractivity contribution >= 4 is 0 Å². The van der Waals surface area contributed by atoms with E-state index < -0.39 is 0 Å². The maximum atomic E-state index is 5.41. The number of rotatable bonds is 2. The van der Waals surface area contributed by atoms with Crippen LogP contribution in [0.15, 0.2) is 0 Å². The van der Waals surface area contributed by atoms with Crippen LogP contribution in [-0.2, 0) is 4.74 Å². The molecule has 1 aliphatic rings. The van der Waals surface area contributed by atoms with Gasteiger partial charge in [0.2, 0.25) is 0 Å². The number of nitrogens with one attached hydrogen (secondary N) is 1. The van der Waals surface area contributed by atoms with E-state index >= 15 is 0 Å². The molecule has 3 heteroatoms. The zero-order valence-corrected chi connectivity index (χ0v) is 9.26. The van der Waals surface area contributed by atoms with Crippen LogP contribution in [0.2, 0.25) is 0 Å². The van der Waals surface area contributed by atoms with Crippen LogP contribution in [-0.4, -0.2) is 49.8 Å². The van der Waals surface area contributed by atoms with Crippen LogP contribution in [0.1, 0.15) is 20.8 Å². The van der Waals surface area contributed by atoms with Crippen molar-refractivity contribution in [3.63, 3.8) is 0 Å². The van der Waals surface area contributed by atoms with Crippen molar-refractivity contribution in [2.45, 2.75) is 32.4 Å². The molecule has 1 unspecified atom stereocenters. The summed E-state index contributed by atoms with van der Waals surface area (Å²) in [6.07, 6.45) is 0. The molecule has 0 aromatic rings. The summed E-state index contributed by atoms with van der Waals surface area (Å²) in [5, 5.41) is 3.46. The molecule has 78 valence electrons. The summed E-state index contributed by atoms with van der Waals surface area (Å²) in [6.45, 7) is 10.5. The average molecular weight is 186 g/mol. The Balaban J connectivity index is 2.30. The Morgan fingerprint density at radius 2 is 2.15 bits per heavy atom. The number of likely N-dealkylation sites (N-methyl/N-ethyl adjacent to an activating group) is 1. The number of hydrogen-bond donors (Lipinski definition) is 1. The van der Waals surface area contributed by atoms with E-state index in [4.69, 9.17) is 4.74 Å². The summed E-state index contributed by atoms with van der Waals surface area (Å²) in [4.78, 5) is 2.36. The summed E-state index contributed by atoms with van der Waals surface area (Å²) in [7, 11) is 2.16. The van der Waals surface area contributed by atoms with Gasteiger partial charge in [0.05, 0.1) is 13.2 Å². The van der Waals surface area contributed by atoms with Gasteiger partial charge in [-0.3, -0.25) is 4.90 Å². The van der Waals surface area contributed by atoms with Gasteiger partial charge in [-0.15, -0.1) is 0 Å². The molecule has 3 nitrogen and oxygen atoms in total. The molecule has 0 spiro atoms. The van der Waals surface area contributed by atoms with Gasteiger partial charge in [-0.05, 0) is 27.8 Å². The van der Waals surface area contributed by atoms with E-state index in [2.05, 4.69) is 38.0 Å². The van der Waals surface area contributed by atoms with E-state index in [1.165, 1.54) is 0 Å². The molecule has 0 bridgehead atoms. The largest absolute Gasteiger partial charge is 0.378 e. The highest BCUT2D eigenvalue weighted by atomic mass is 16.5. The molecule has 1 aliphatic heterocycles. The quantitative estimate of drug-likeness (QED) is 0.687. The molecule has 0 aromatic heterocycles. The van der Waals surface area contributed by atoms with Crippen molar-refractivity contribution in [3.8, 4) is 0 Å². The molecular weight excluding hydrogens is 164 g/mol. The zero-order valence-electron chi connectivity index (χ0n) is 9.26. The molecule has 1 heterocycles. The summed E-state index contributed by atoms with van der Waals surface area (Å²) in [5.41, 5.74) is 0.249. The summed E-state index contributed by atoms with van der Waals surface area (Å²) >= 11 is 0. The fraction of sp³-hybridized carbons (Fsp3) is 1.00. The number of nitrogens with zero attached hydrogens (tertiary/aromatic N) is 1. The van der Waals surface area contributed by atoms with Crippen LogP contribution in [0.5, 0.6) is 0 Å². The number of morpholine rings is 1. The Bertz CT molecular complexity index is 147. The van der Waals surface area contributed by atoms with E-state index in [1.54, 1.807) is 0 Å². The fourth-order valence-electron chi connectivity index (χ4n) is 1.34. The fourth-order valence-corrected chi connectivity index (χ4v) is 1.34. The van der Waals surface area contributed by atoms with Gasteiger partial charge in [-0.25, -0.2) is 0 Å². The molecule has 1 rings (SSSR count).